The molecule has 0 aromatic rings. The molecule has 0 aromatic heterocycles. The molecule has 4 fully saturated rings. The smallest absolute Gasteiger partial charge is 0.310 e. The summed E-state index contributed by atoms with van der Waals surface area (Å²) in [5, 5.41) is 9.04. The van der Waals surface area contributed by atoms with Gasteiger partial charge >= 0.3 is 5.97 Å². The molecule has 4 unspecified atom stereocenters. The minimum Gasteiger partial charge on any atom is -0.481 e. The van der Waals surface area contributed by atoms with Crippen LogP contribution in [0.1, 0.15) is 25.7 Å². The number of hydrogen-bond donors (Lipinski definition) is 1. The van der Waals surface area contributed by atoms with Crippen LogP contribution in [0.2, 0.25) is 0 Å². The summed E-state index contributed by atoms with van der Waals surface area (Å²) in [5.41, 5.74) is -0.205. The zero-order chi connectivity index (χ0) is 7.64. The van der Waals surface area contributed by atoms with E-state index in [0.29, 0.717) is 11.8 Å². The Hall–Kier alpha value is -0.530. The van der Waals surface area contributed by atoms with Crippen LogP contribution < -0.4 is 0 Å². The van der Waals surface area contributed by atoms with Crippen LogP contribution in [0.3, 0.4) is 0 Å². The van der Waals surface area contributed by atoms with Gasteiger partial charge in [0, 0.05) is 0 Å². The van der Waals surface area contributed by atoms with Crippen molar-refractivity contribution in [3.63, 3.8) is 0 Å². The molecular formula is C9H12O2. The van der Waals surface area contributed by atoms with Gasteiger partial charge in [-0.1, -0.05) is 6.42 Å². The molecule has 0 saturated heterocycles. The number of aliphatic carboxylic acids is 1. The normalized spacial score (nSPS) is 57.6. The Bertz CT molecular complexity index is 230. The highest BCUT2D eigenvalue weighted by Gasteiger charge is 2.75. The second-order valence-electron chi connectivity index (χ2n) is 4.44. The van der Waals surface area contributed by atoms with Crippen LogP contribution >= 0.6 is 0 Å². The first-order chi connectivity index (χ1) is 5.25. The maximum Gasteiger partial charge on any atom is 0.310 e. The lowest BCUT2D eigenvalue weighted by Crippen LogP contribution is -2.22. The van der Waals surface area contributed by atoms with E-state index in [1.165, 1.54) is 19.3 Å². The lowest BCUT2D eigenvalue weighted by molar-refractivity contribution is -0.145. The Balaban J connectivity index is 1.99. The van der Waals surface area contributed by atoms with Gasteiger partial charge < -0.3 is 5.11 Å². The molecular weight excluding hydrogens is 140 g/mol. The summed E-state index contributed by atoms with van der Waals surface area (Å²) in [5.74, 6) is 1.42. The predicted octanol–water partition coefficient (Wildman–Crippen LogP) is 1.51. The van der Waals surface area contributed by atoms with Gasteiger partial charge in [-0.25, -0.2) is 0 Å². The molecule has 0 aliphatic heterocycles. The molecule has 11 heavy (non-hydrogen) atoms. The molecule has 2 nitrogen and oxygen atoms in total. The molecule has 0 spiro atoms. The lowest BCUT2D eigenvalue weighted by Gasteiger charge is -2.23. The van der Waals surface area contributed by atoms with Crippen molar-refractivity contribution < 1.29 is 9.90 Å². The van der Waals surface area contributed by atoms with Crippen molar-refractivity contribution in [3.8, 4) is 0 Å². The molecule has 4 saturated carbocycles. The summed E-state index contributed by atoms with van der Waals surface area (Å²) >= 11 is 0. The van der Waals surface area contributed by atoms with Gasteiger partial charge in [-0.15, -0.1) is 0 Å². The molecule has 2 heteroatoms. The van der Waals surface area contributed by atoms with E-state index in [1.807, 2.05) is 0 Å². The van der Waals surface area contributed by atoms with E-state index < -0.39 is 5.97 Å². The summed E-state index contributed by atoms with van der Waals surface area (Å²) in [4.78, 5) is 11.0. The molecule has 0 radical (unpaired) electrons. The van der Waals surface area contributed by atoms with E-state index in [2.05, 4.69) is 0 Å². The van der Waals surface area contributed by atoms with Crippen molar-refractivity contribution in [1.29, 1.82) is 0 Å². The summed E-state index contributed by atoms with van der Waals surface area (Å²) in [6.45, 7) is 0. The number of rotatable bonds is 1. The summed E-state index contributed by atoms with van der Waals surface area (Å²) in [7, 11) is 0. The Kier molecular flexibility index (Phi) is 0.809. The van der Waals surface area contributed by atoms with Crippen molar-refractivity contribution >= 4 is 5.97 Å². The quantitative estimate of drug-likeness (QED) is 0.618. The predicted molar refractivity (Wildman–Crippen MR) is 39.0 cm³/mol. The number of hydrogen-bond acceptors (Lipinski definition) is 1. The van der Waals surface area contributed by atoms with Crippen molar-refractivity contribution in [1.82, 2.24) is 0 Å². The van der Waals surface area contributed by atoms with Crippen LogP contribution in [-0.4, -0.2) is 11.1 Å². The highest BCUT2D eigenvalue weighted by Crippen LogP contribution is 2.75. The van der Waals surface area contributed by atoms with E-state index in [1.54, 1.807) is 0 Å². The van der Waals surface area contributed by atoms with E-state index in [-0.39, 0.29) is 5.41 Å². The fraction of sp³-hybridized carbons (Fsp3) is 0.889. The molecule has 0 aromatic carbocycles. The fourth-order valence-corrected chi connectivity index (χ4v) is 3.70. The van der Waals surface area contributed by atoms with Gasteiger partial charge in [0.2, 0.25) is 0 Å². The Morgan fingerprint density at radius 1 is 1.36 bits per heavy atom. The van der Waals surface area contributed by atoms with Gasteiger partial charge in [0.1, 0.15) is 0 Å². The van der Waals surface area contributed by atoms with Gasteiger partial charge in [-0.05, 0) is 37.0 Å². The highest BCUT2D eigenvalue weighted by molar-refractivity contribution is 5.80. The average Bonchev–Trinajstić information content (AvgIpc) is 2.52. The minimum atomic E-state index is -0.505. The number of carboxylic acid groups (broad SMARTS) is 1. The molecule has 4 bridgehead atoms. The van der Waals surface area contributed by atoms with Crippen LogP contribution in [0.5, 0.6) is 0 Å². The second-order valence-corrected chi connectivity index (χ2v) is 4.44. The molecule has 4 aliphatic carbocycles. The van der Waals surface area contributed by atoms with Gasteiger partial charge in [0.25, 0.3) is 0 Å². The van der Waals surface area contributed by atoms with Crippen LogP contribution in [0, 0.1) is 23.2 Å². The number of carbonyl (C=O) groups is 1. The van der Waals surface area contributed by atoms with Crippen LogP contribution in [0.4, 0.5) is 0 Å². The molecule has 1 N–H and O–H groups in total. The molecule has 0 amide bonds. The van der Waals surface area contributed by atoms with E-state index in [0.717, 1.165) is 12.3 Å². The summed E-state index contributed by atoms with van der Waals surface area (Å²) in [6.07, 6.45) is 4.71. The van der Waals surface area contributed by atoms with E-state index >= 15 is 0 Å². The Morgan fingerprint density at radius 2 is 2.18 bits per heavy atom. The zero-order valence-corrected chi connectivity index (χ0v) is 6.42. The molecule has 60 valence electrons. The minimum absolute atomic E-state index is 0.205. The average molecular weight is 152 g/mol. The molecule has 4 rings (SSSR count). The second kappa shape index (κ2) is 1.47. The third-order valence-corrected chi connectivity index (χ3v) is 4.20. The summed E-state index contributed by atoms with van der Waals surface area (Å²) < 4.78 is 0. The SMILES string of the molecule is O=C(O)C12CC3CCC1C2C3. The Labute approximate surface area is 65.6 Å². The monoisotopic (exact) mass is 152 g/mol. The largest absolute Gasteiger partial charge is 0.481 e. The van der Waals surface area contributed by atoms with Crippen LogP contribution in [0.25, 0.3) is 0 Å². The Morgan fingerprint density at radius 3 is 2.45 bits per heavy atom. The first-order valence-corrected chi connectivity index (χ1v) is 4.48. The highest BCUT2D eigenvalue weighted by atomic mass is 16.4. The lowest BCUT2D eigenvalue weighted by atomic mass is 9.81. The number of fused-ring (bicyclic) bond motifs is 1. The maximum atomic E-state index is 11.0. The van der Waals surface area contributed by atoms with Crippen molar-refractivity contribution in [3.05, 3.63) is 0 Å². The zero-order valence-electron chi connectivity index (χ0n) is 6.42. The van der Waals surface area contributed by atoms with E-state index in [4.69, 9.17) is 5.11 Å². The van der Waals surface area contributed by atoms with Gasteiger partial charge in [-0.3, -0.25) is 4.79 Å². The van der Waals surface area contributed by atoms with Crippen LogP contribution in [-0.2, 0) is 4.79 Å². The van der Waals surface area contributed by atoms with Gasteiger partial charge in [0.05, 0.1) is 5.41 Å². The van der Waals surface area contributed by atoms with Crippen molar-refractivity contribution in [2.24, 2.45) is 23.2 Å². The summed E-state index contributed by atoms with van der Waals surface area (Å²) in [6, 6.07) is 0. The first-order valence-electron chi connectivity index (χ1n) is 4.48. The van der Waals surface area contributed by atoms with Gasteiger partial charge in [-0.2, -0.15) is 0 Å². The van der Waals surface area contributed by atoms with Crippen molar-refractivity contribution in [2.75, 3.05) is 0 Å². The maximum absolute atomic E-state index is 11.0. The third-order valence-electron chi connectivity index (χ3n) is 4.20. The standard InChI is InChI=1S/C9H12O2/c10-8(11)9-4-5-1-2-6(9)7(9)3-5/h5-7H,1-4H2,(H,10,11). The third kappa shape index (κ3) is 0.472. The van der Waals surface area contributed by atoms with Gasteiger partial charge in [0.15, 0.2) is 0 Å². The molecule has 4 atom stereocenters. The van der Waals surface area contributed by atoms with E-state index in [9.17, 15) is 4.79 Å². The topological polar surface area (TPSA) is 37.3 Å². The van der Waals surface area contributed by atoms with Crippen molar-refractivity contribution in [2.45, 2.75) is 25.7 Å². The molecule has 4 aliphatic rings. The first kappa shape index (κ1) is 6.04. The number of carboxylic acids is 1. The fourth-order valence-electron chi connectivity index (χ4n) is 3.70. The van der Waals surface area contributed by atoms with Crippen LogP contribution in [0.15, 0.2) is 0 Å². The molecule has 0 heterocycles.